The Kier molecular flexibility index (Phi) is 4.08. The smallest absolute Gasteiger partial charge is 0.235 e. The fourth-order valence-electron chi connectivity index (χ4n) is 5.09. The average Bonchev–Trinajstić information content (AvgIpc) is 3.36. The molecule has 1 aliphatic carbocycles. The molecular weight excluding hydrogens is 356 g/mol. The van der Waals surface area contributed by atoms with E-state index in [0.29, 0.717) is 6.42 Å². The maximum Gasteiger partial charge on any atom is 0.235 e. The topological polar surface area (TPSA) is 49.4 Å². The molecule has 2 aromatic rings. The molecule has 0 radical (unpaired) electrons. The van der Waals surface area contributed by atoms with Crippen molar-refractivity contribution in [3.63, 3.8) is 0 Å². The Morgan fingerprint density at radius 3 is 2.59 bits per heavy atom. The van der Waals surface area contributed by atoms with Crippen LogP contribution < -0.4 is 10.2 Å². The zero-order valence-electron chi connectivity index (χ0n) is 15.4. The van der Waals surface area contributed by atoms with E-state index in [2.05, 4.69) is 28.9 Å². The number of nitrogens with zero attached hydrogens (tertiary/aromatic N) is 1. The summed E-state index contributed by atoms with van der Waals surface area (Å²) in [6.45, 7) is 0.825. The molecular formula is C22H24N2O2S. The molecule has 3 aliphatic rings. The molecule has 0 atom stereocenters. The van der Waals surface area contributed by atoms with Gasteiger partial charge in [-0.3, -0.25) is 9.59 Å². The summed E-state index contributed by atoms with van der Waals surface area (Å²) < 4.78 is 0. The molecule has 27 heavy (non-hydrogen) atoms. The molecule has 1 saturated carbocycles. The minimum atomic E-state index is -0.372. The van der Waals surface area contributed by atoms with Crippen LogP contribution in [-0.2, 0) is 27.8 Å². The van der Waals surface area contributed by atoms with Gasteiger partial charge in [-0.25, -0.2) is 0 Å². The number of thiophene rings is 1. The first-order valence-electron chi connectivity index (χ1n) is 9.99. The van der Waals surface area contributed by atoms with E-state index in [9.17, 15) is 9.59 Å². The molecule has 3 heterocycles. The molecule has 5 heteroatoms. The first kappa shape index (κ1) is 17.0. The maximum absolute atomic E-state index is 13.4. The largest absolute Gasteiger partial charge is 0.325 e. The summed E-state index contributed by atoms with van der Waals surface area (Å²) >= 11 is 1.69. The van der Waals surface area contributed by atoms with Gasteiger partial charge in [0.15, 0.2) is 0 Å². The lowest BCUT2D eigenvalue weighted by atomic mass is 9.83. The van der Waals surface area contributed by atoms with Crippen LogP contribution >= 0.6 is 11.3 Å². The number of carbonyl (C=O) groups excluding carboxylic acids is 2. The van der Waals surface area contributed by atoms with Crippen LogP contribution in [0.3, 0.4) is 0 Å². The van der Waals surface area contributed by atoms with Gasteiger partial charge in [-0.1, -0.05) is 18.9 Å². The third kappa shape index (κ3) is 2.71. The van der Waals surface area contributed by atoms with Gasteiger partial charge in [-0.05, 0) is 66.8 Å². The standard InChI is InChI=1S/C22H24N2O2S/c25-19-8-7-16-14-17(13-15-5-3-11-24(19)20(15)16)23-21(26)22(9-1-2-10-22)18-6-4-12-27-18/h4,6,12-14H,1-3,5,7-11H2,(H,23,26). The van der Waals surface area contributed by atoms with Gasteiger partial charge in [-0.2, -0.15) is 0 Å². The molecule has 5 rings (SSSR count). The zero-order valence-corrected chi connectivity index (χ0v) is 16.2. The lowest BCUT2D eigenvalue weighted by Crippen LogP contribution is -2.40. The Bertz CT molecular complexity index is 880. The van der Waals surface area contributed by atoms with Crippen molar-refractivity contribution in [2.24, 2.45) is 0 Å². The van der Waals surface area contributed by atoms with Crippen LogP contribution in [0.25, 0.3) is 0 Å². The van der Waals surface area contributed by atoms with Crippen molar-refractivity contribution in [2.45, 2.75) is 56.8 Å². The maximum atomic E-state index is 13.4. The zero-order chi connectivity index (χ0) is 18.4. The molecule has 2 amide bonds. The fraction of sp³-hybridized carbons (Fsp3) is 0.455. The van der Waals surface area contributed by atoms with Crippen molar-refractivity contribution in [1.29, 1.82) is 0 Å². The summed E-state index contributed by atoms with van der Waals surface area (Å²) in [5.74, 6) is 0.372. The van der Waals surface area contributed by atoms with Crippen molar-refractivity contribution in [1.82, 2.24) is 0 Å². The van der Waals surface area contributed by atoms with Gasteiger partial charge < -0.3 is 10.2 Å². The van der Waals surface area contributed by atoms with Gasteiger partial charge in [0.1, 0.15) is 0 Å². The van der Waals surface area contributed by atoms with Gasteiger partial charge >= 0.3 is 0 Å². The van der Waals surface area contributed by atoms with Crippen molar-refractivity contribution < 1.29 is 9.59 Å². The number of aryl methyl sites for hydroxylation is 2. The van der Waals surface area contributed by atoms with E-state index < -0.39 is 0 Å². The van der Waals surface area contributed by atoms with Crippen molar-refractivity contribution in [3.8, 4) is 0 Å². The van der Waals surface area contributed by atoms with Gasteiger partial charge in [0.25, 0.3) is 0 Å². The number of rotatable bonds is 3. The number of nitrogens with one attached hydrogen (secondary N) is 1. The second-order valence-corrected chi connectivity index (χ2v) is 8.96. The number of carbonyl (C=O) groups is 2. The fourth-order valence-corrected chi connectivity index (χ4v) is 6.07. The number of amides is 2. The third-order valence-electron chi connectivity index (χ3n) is 6.42. The monoisotopic (exact) mass is 380 g/mol. The van der Waals surface area contributed by atoms with Crippen LogP contribution in [0, 0.1) is 0 Å². The lowest BCUT2D eigenvalue weighted by molar-refractivity contribution is -0.121. The molecule has 0 bridgehead atoms. The number of benzene rings is 1. The van der Waals surface area contributed by atoms with Crippen LogP contribution in [-0.4, -0.2) is 18.4 Å². The highest BCUT2D eigenvalue weighted by Gasteiger charge is 2.43. The molecule has 0 spiro atoms. The molecule has 2 aliphatic heterocycles. The SMILES string of the molecule is O=C1CCc2cc(NC(=O)C3(c4cccs4)CCCC3)cc3c2N1CCC3. The molecule has 0 saturated heterocycles. The summed E-state index contributed by atoms with van der Waals surface area (Å²) in [7, 11) is 0. The second-order valence-electron chi connectivity index (χ2n) is 8.01. The van der Waals surface area contributed by atoms with Crippen molar-refractivity contribution in [2.75, 3.05) is 16.8 Å². The first-order valence-corrected chi connectivity index (χ1v) is 10.9. The van der Waals surface area contributed by atoms with E-state index in [1.807, 2.05) is 11.0 Å². The summed E-state index contributed by atoms with van der Waals surface area (Å²) in [6, 6.07) is 8.34. The quantitative estimate of drug-likeness (QED) is 0.857. The van der Waals surface area contributed by atoms with Gasteiger partial charge in [0.05, 0.1) is 11.1 Å². The van der Waals surface area contributed by atoms with E-state index in [1.165, 1.54) is 16.0 Å². The lowest BCUT2D eigenvalue weighted by Gasteiger charge is -2.35. The van der Waals surface area contributed by atoms with Crippen molar-refractivity contribution >= 4 is 34.5 Å². The Morgan fingerprint density at radius 1 is 1.07 bits per heavy atom. The number of hydrogen-bond donors (Lipinski definition) is 1. The third-order valence-corrected chi connectivity index (χ3v) is 7.49. The second kappa shape index (κ2) is 6.48. The molecule has 1 fully saturated rings. The number of anilines is 2. The van der Waals surface area contributed by atoms with Crippen molar-refractivity contribution in [3.05, 3.63) is 45.6 Å². The van der Waals surface area contributed by atoms with E-state index >= 15 is 0 Å². The summed E-state index contributed by atoms with van der Waals surface area (Å²) in [6.07, 6.45) is 7.40. The van der Waals surface area contributed by atoms with Crippen LogP contribution in [0.4, 0.5) is 11.4 Å². The molecule has 140 valence electrons. The van der Waals surface area contributed by atoms with E-state index in [0.717, 1.165) is 62.9 Å². The highest BCUT2D eigenvalue weighted by molar-refractivity contribution is 7.10. The normalized spacial score (nSPS) is 20.4. The summed E-state index contributed by atoms with van der Waals surface area (Å²) in [5.41, 5.74) is 4.05. The Hall–Kier alpha value is -2.14. The summed E-state index contributed by atoms with van der Waals surface area (Å²) in [4.78, 5) is 28.7. The Balaban J connectivity index is 1.48. The van der Waals surface area contributed by atoms with E-state index in [-0.39, 0.29) is 17.2 Å². The van der Waals surface area contributed by atoms with E-state index in [4.69, 9.17) is 0 Å². The molecule has 1 aromatic carbocycles. The predicted octanol–water partition coefficient (Wildman–Crippen LogP) is 4.42. The molecule has 1 N–H and O–H groups in total. The highest BCUT2D eigenvalue weighted by atomic mass is 32.1. The molecule has 4 nitrogen and oxygen atoms in total. The number of hydrogen-bond acceptors (Lipinski definition) is 3. The molecule has 0 unspecified atom stereocenters. The Labute approximate surface area is 163 Å². The highest BCUT2D eigenvalue weighted by Crippen LogP contribution is 2.44. The predicted molar refractivity (Wildman–Crippen MR) is 109 cm³/mol. The average molecular weight is 381 g/mol. The first-order chi connectivity index (χ1) is 13.2. The van der Waals surface area contributed by atoms with Gasteiger partial charge in [0.2, 0.25) is 11.8 Å². The minimum Gasteiger partial charge on any atom is -0.325 e. The van der Waals surface area contributed by atoms with Gasteiger partial charge in [-0.15, -0.1) is 11.3 Å². The van der Waals surface area contributed by atoms with Crippen LogP contribution in [0.2, 0.25) is 0 Å². The van der Waals surface area contributed by atoms with E-state index in [1.54, 1.807) is 11.3 Å². The molecule has 1 aromatic heterocycles. The minimum absolute atomic E-state index is 0.133. The van der Waals surface area contributed by atoms with Crippen LogP contribution in [0.15, 0.2) is 29.6 Å². The van der Waals surface area contributed by atoms with Crippen LogP contribution in [0.5, 0.6) is 0 Å². The Morgan fingerprint density at radius 2 is 1.85 bits per heavy atom. The van der Waals surface area contributed by atoms with Gasteiger partial charge in [0, 0.05) is 23.5 Å². The summed E-state index contributed by atoms with van der Waals surface area (Å²) in [5, 5.41) is 5.32. The van der Waals surface area contributed by atoms with Crippen LogP contribution in [0.1, 0.15) is 54.5 Å².